The molecule has 2 aromatic rings. The molecule has 0 unspecified atom stereocenters. The van der Waals surface area contributed by atoms with Crippen molar-refractivity contribution < 1.29 is 9.13 Å². The van der Waals surface area contributed by atoms with Gasteiger partial charge in [-0.25, -0.2) is 4.39 Å². The molecule has 0 bridgehead atoms. The highest BCUT2D eigenvalue weighted by atomic mass is 19.1. The molecule has 1 aliphatic rings. The first-order chi connectivity index (χ1) is 14.2. The number of hydrogen-bond acceptors (Lipinski definition) is 1. The predicted molar refractivity (Wildman–Crippen MR) is 121 cm³/mol. The van der Waals surface area contributed by atoms with Crippen LogP contribution in [0.25, 0.3) is 11.1 Å². The third kappa shape index (κ3) is 6.27. The fourth-order valence-electron chi connectivity index (χ4n) is 4.31. The van der Waals surface area contributed by atoms with E-state index in [0.717, 1.165) is 68.2 Å². The molecule has 0 aromatic heterocycles. The third-order valence-electron chi connectivity index (χ3n) is 6.14. The summed E-state index contributed by atoms with van der Waals surface area (Å²) in [5.41, 5.74) is 4.19. The van der Waals surface area contributed by atoms with Crippen molar-refractivity contribution in [2.75, 3.05) is 6.61 Å². The Hall–Kier alpha value is -1.93. The van der Waals surface area contributed by atoms with E-state index in [1.807, 2.05) is 12.1 Å². The number of rotatable bonds is 10. The monoisotopic (exact) mass is 394 g/mol. The Morgan fingerprint density at radius 3 is 2.38 bits per heavy atom. The van der Waals surface area contributed by atoms with Crippen LogP contribution in [0.4, 0.5) is 4.39 Å². The van der Waals surface area contributed by atoms with Gasteiger partial charge in [-0.3, -0.25) is 0 Å². The van der Waals surface area contributed by atoms with E-state index in [-0.39, 0.29) is 5.82 Å². The maximum atomic E-state index is 14.9. The topological polar surface area (TPSA) is 9.23 Å². The Balaban J connectivity index is 1.56. The van der Waals surface area contributed by atoms with Gasteiger partial charge in [0.1, 0.15) is 5.82 Å². The Morgan fingerprint density at radius 2 is 1.72 bits per heavy atom. The van der Waals surface area contributed by atoms with Crippen molar-refractivity contribution in [3.05, 3.63) is 72.1 Å². The molecular formula is C27H35FO. The van der Waals surface area contributed by atoms with Crippen LogP contribution < -0.4 is 0 Å². The fourth-order valence-corrected chi connectivity index (χ4v) is 4.31. The molecule has 1 nitrogen and oxygen atoms in total. The van der Waals surface area contributed by atoms with E-state index in [9.17, 15) is 4.39 Å². The number of ether oxygens (including phenoxy) is 1. The van der Waals surface area contributed by atoms with Crippen molar-refractivity contribution in [2.24, 2.45) is 0 Å². The zero-order valence-electron chi connectivity index (χ0n) is 17.8. The maximum Gasteiger partial charge on any atom is 0.127 e. The predicted octanol–water partition coefficient (Wildman–Crippen LogP) is 7.84. The van der Waals surface area contributed by atoms with Crippen LogP contribution in [0.2, 0.25) is 0 Å². The number of halogens is 1. The molecule has 0 aliphatic heterocycles. The molecule has 2 heteroatoms. The summed E-state index contributed by atoms with van der Waals surface area (Å²) >= 11 is 0. The lowest BCUT2D eigenvalue weighted by Crippen LogP contribution is -2.21. The molecule has 2 aromatic carbocycles. The number of benzene rings is 2. The van der Waals surface area contributed by atoms with Gasteiger partial charge in [-0.1, -0.05) is 62.2 Å². The van der Waals surface area contributed by atoms with Crippen molar-refractivity contribution in [3.8, 4) is 11.1 Å². The lowest BCUT2D eigenvalue weighted by Gasteiger charge is -2.29. The zero-order chi connectivity index (χ0) is 20.5. The maximum absolute atomic E-state index is 14.9. The van der Waals surface area contributed by atoms with E-state index in [1.54, 1.807) is 6.07 Å². The van der Waals surface area contributed by atoms with Gasteiger partial charge in [-0.2, -0.15) is 0 Å². The number of allylic oxidation sites excluding steroid dienone is 1. The Labute approximate surface area is 176 Å². The molecule has 0 saturated heterocycles. The molecule has 1 aliphatic carbocycles. The molecule has 0 N–H and O–H groups in total. The molecule has 0 heterocycles. The summed E-state index contributed by atoms with van der Waals surface area (Å²) in [5, 5.41) is 0. The standard InChI is InChI=1S/C27H35FO/c1-3-5-7-19-29-25-16-13-23(14-17-25)26-18-15-24(20-27(26)28)22-11-9-21(10-12-22)8-6-4-2/h4,9-12,15,18,20,23,25H,2-3,5-8,13-14,16-17,19H2,1H3. The summed E-state index contributed by atoms with van der Waals surface area (Å²) in [6, 6.07) is 14.2. The highest BCUT2D eigenvalue weighted by Crippen LogP contribution is 2.36. The van der Waals surface area contributed by atoms with Gasteiger partial charge in [-0.15, -0.1) is 6.58 Å². The van der Waals surface area contributed by atoms with Crippen LogP contribution in [0.1, 0.15) is 75.3 Å². The largest absolute Gasteiger partial charge is 0.378 e. The van der Waals surface area contributed by atoms with Crippen LogP contribution in [-0.4, -0.2) is 12.7 Å². The second kappa shape index (κ2) is 11.3. The minimum absolute atomic E-state index is 0.0643. The van der Waals surface area contributed by atoms with Crippen LogP contribution in [0.5, 0.6) is 0 Å². The highest BCUT2D eigenvalue weighted by Gasteiger charge is 2.24. The lowest BCUT2D eigenvalue weighted by molar-refractivity contribution is 0.0225. The van der Waals surface area contributed by atoms with Crippen molar-refractivity contribution in [3.63, 3.8) is 0 Å². The number of unbranched alkanes of at least 4 members (excludes halogenated alkanes) is 2. The molecule has 0 radical (unpaired) electrons. The van der Waals surface area contributed by atoms with E-state index >= 15 is 0 Å². The van der Waals surface area contributed by atoms with Crippen molar-refractivity contribution in [2.45, 2.75) is 76.7 Å². The van der Waals surface area contributed by atoms with Crippen LogP contribution in [-0.2, 0) is 11.2 Å². The van der Waals surface area contributed by atoms with Crippen molar-refractivity contribution in [1.29, 1.82) is 0 Å². The first kappa shape index (κ1) is 21.8. The van der Waals surface area contributed by atoms with Crippen molar-refractivity contribution in [1.82, 2.24) is 0 Å². The van der Waals surface area contributed by atoms with E-state index in [1.165, 1.54) is 18.4 Å². The molecule has 1 saturated carbocycles. The smallest absolute Gasteiger partial charge is 0.127 e. The van der Waals surface area contributed by atoms with Crippen molar-refractivity contribution >= 4 is 0 Å². The molecule has 0 amide bonds. The number of aryl methyl sites for hydroxylation is 1. The highest BCUT2D eigenvalue weighted by molar-refractivity contribution is 5.64. The van der Waals surface area contributed by atoms with Gasteiger partial charge in [0.05, 0.1) is 6.10 Å². The summed E-state index contributed by atoms with van der Waals surface area (Å²) in [4.78, 5) is 0. The Morgan fingerprint density at radius 1 is 1.00 bits per heavy atom. The minimum atomic E-state index is -0.0643. The minimum Gasteiger partial charge on any atom is -0.378 e. The van der Waals surface area contributed by atoms with Gasteiger partial charge in [0, 0.05) is 6.61 Å². The van der Waals surface area contributed by atoms with Crippen LogP contribution in [0.15, 0.2) is 55.1 Å². The quantitative estimate of drug-likeness (QED) is 0.294. The van der Waals surface area contributed by atoms with Gasteiger partial charge >= 0.3 is 0 Å². The molecule has 29 heavy (non-hydrogen) atoms. The third-order valence-corrected chi connectivity index (χ3v) is 6.14. The fraction of sp³-hybridized carbons (Fsp3) is 0.481. The summed E-state index contributed by atoms with van der Waals surface area (Å²) in [7, 11) is 0. The SMILES string of the molecule is C=CCCc1ccc(-c2ccc(C3CCC(OCCCCC)CC3)c(F)c2)cc1. The van der Waals surface area contributed by atoms with Crippen LogP contribution in [0.3, 0.4) is 0 Å². The lowest BCUT2D eigenvalue weighted by atomic mass is 9.82. The second-order valence-electron chi connectivity index (χ2n) is 8.31. The first-order valence-corrected chi connectivity index (χ1v) is 11.3. The van der Waals surface area contributed by atoms with Gasteiger partial charge in [-0.05, 0) is 79.2 Å². The summed E-state index contributed by atoms with van der Waals surface area (Å²) in [5.74, 6) is 0.256. The normalized spacial score (nSPS) is 19.2. The van der Waals surface area contributed by atoms with Crippen LogP contribution >= 0.6 is 0 Å². The van der Waals surface area contributed by atoms with Gasteiger partial charge in [0.25, 0.3) is 0 Å². The Bertz CT molecular complexity index is 757. The zero-order valence-corrected chi connectivity index (χ0v) is 17.8. The van der Waals surface area contributed by atoms with Gasteiger partial charge < -0.3 is 4.74 Å². The van der Waals surface area contributed by atoms with E-state index < -0.39 is 0 Å². The molecular weight excluding hydrogens is 359 g/mol. The van der Waals surface area contributed by atoms with Crippen LogP contribution in [0, 0.1) is 5.82 Å². The summed E-state index contributed by atoms with van der Waals surface area (Å²) < 4.78 is 20.9. The first-order valence-electron chi connectivity index (χ1n) is 11.3. The average molecular weight is 395 g/mol. The molecule has 1 fully saturated rings. The van der Waals surface area contributed by atoms with Gasteiger partial charge in [0.15, 0.2) is 0 Å². The molecule has 0 atom stereocenters. The second-order valence-corrected chi connectivity index (χ2v) is 8.31. The van der Waals surface area contributed by atoms with Gasteiger partial charge in [0.2, 0.25) is 0 Å². The average Bonchev–Trinajstić information content (AvgIpc) is 2.76. The number of hydrogen-bond donors (Lipinski definition) is 0. The molecule has 156 valence electrons. The molecule has 0 spiro atoms. The summed E-state index contributed by atoms with van der Waals surface area (Å²) in [6.45, 7) is 6.86. The molecule has 3 rings (SSSR count). The van der Waals surface area contributed by atoms with E-state index in [0.29, 0.717) is 12.0 Å². The summed E-state index contributed by atoms with van der Waals surface area (Å²) in [6.07, 6.45) is 12.0. The van der Waals surface area contributed by atoms with E-state index in [4.69, 9.17) is 4.74 Å². The van der Waals surface area contributed by atoms with E-state index in [2.05, 4.69) is 43.8 Å². The Kier molecular flexibility index (Phi) is 8.49.